The van der Waals surface area contributed by atoms with E-state index in [1.165, 1.54) is 0 Å². The highest BCUT2D eigenvalue weighted by atomic mass is 32.2. The monoisotopic (exact) mass is 441 g/mol. The molecule has 1 N–H and O–H groups in total. The zero-order valence-corrected chi connectivity index (χ0v) is 18.6. The van der Waals surface area contributed by atoms with E-state index in [2.05, 4.69) is 9.97 Å². The number of nitrogens with zero attached hydrogens (tertiary/aromatic N) is 2. The number of benzene rings is 2. The van der Waals surface area contributed by atoms with Gasteiger partial charge >= 0.3 is 0 Å². The summed E-state index contributed by atoms with van der Waals surface area (Å²) in [6.07, 6.45) is 6.69. The van der Waals surface area contributed by atoms with Crippen molar-refractivity contribution in [2.75, 3.05) is 6.54 Å². The van der Waals surface area contributed by atoms with Gasteiger partial charge in [-0.05, 0) is 55.7 Å². The largest absolute Gasteiger partial charge is 0.361 e. The number of sulfone groups is 1. The van der Waals surface area contributed by atoms with Crippen LogP contribution in [0.25, 0.3) is 15.8 Å². The summed E-state index contributed by atoms with van der Waals surface area (Å²) in [6.45, 7) is 2.61. The molecule has 1 aliphatic rings. The highest BCUT2D eigenvalue weighted by molar-refractivity contribution is 8.00. The van der Waals surface area contributed by atoms with Gasteiger partial charge in [0.2, 0.25) is 9.84 Å². The maximum Gasteiger partial charge on any atom is 0.207 e. The Hall–Kier alpha value is -3.51. The van der Waals surface area contributed by atoms with Crippen molar-refractivity contribution in [1.82, 2.24) is 9.97 Å². The van der Waals surface area contributed by atoms with E-state index in [1.54, 1.807) is 30.7 Å². The number of para-hydroxylation sites is 1. The number of rotatable bonds is 4. The predicted molar refractivity (Wildman–Crippen MR) is 128 cm³/mol. The molecule has 0 saturated carbocycles. The molecule has 2 aromatic heterocycles. The van der Waals surface area contributed by atoms with Gasteiger partial charge in [0.1, 0.15) is 0 Å². The van der Waals surface area contributed by atoms with Crippen molar-refractivity contribution in [3.63, 3.8) is 0 Å². The Kier molecular flexibility index (Phi) is 5.23. The predicted octanol–water partition coefficient (Wildman–Crippen LogP) is 5.34. The van der Waals surface area contributed by atoms with E-state index < -0.39 is 9.84 Å². The zero-order valence-electron chi connectivity index (χ0n) is 17.7. The molecule has 3 heterocycles. The number of nitrogens with one attached hydrogen (secondary N) is 1. The van der Waals surface area contributed by atoms with Gasteiger partial charge in [-0.3, -0.25) is 9.98 Å². The van der Waals surface area contributed by atoms with Crippen LogP contribution in [0.15, 0.2) is 94.7 Å². The molecule has 0 fully saturated rings. The minimum Gasteiger partial charge on any atom is -0.361 e. The summed E-state index contributed by atoms with van der Waals surface area (Å²) in [6, 6.07) is 18.6. The maximum atomic E-state index is 14.1. The number of allylic oxidation sites excluding steroid dienone is 1. The molecule has 5 rings (SSSR count). The van der Waals surface area contributed by atoms with Gasteiger partial charge < -0.3 is 4.98 Å². The molecule has 4 aromatic rings. The van der Waals surface area contributed by atoms with Crippen LogP contribution >= 0.6 is 0 Å². The number of aromatic nitrogens is 2. The van der Waals surface area contributed by atoms with Gasteiger partial charge in [-0.15, -0.1) is 0 Å². The maximum absolute atomic E-state index is 14.1. The Morgan fingerprint density at radius 3 is 2.59 bits per heavy atom. The van der Waals surface area contributed by atoms with Crippen LogP contribution in [0.4, 0.5) is 0 Å². The molecule has 0 radical (unpaired) electrons. The van der Waals surface area contributed by atoms with Crippen LogP contribution < -0.4 is 0 Å². The Morgan fingerprint density at radius 1 is 1.00 bits per heavy atom. The summed E-state index contributed by atoms with van der Waals surface area (Å²) in [7, 11) is -3.81. The smallest absolute Gasteiger partial charge is 0.207 e. The van der Waals surface area contributed by atoms with Gasteiger partial charge in [-0.1, -0.05) is 35.9 Å². The van der Waals surface area contributed by atoms with E-state index in [1.807, 2.05) is 55.5 Å². The number of aliphatic imine (C=N–C) groups is 1. The Labute approximate surface area is 187 Å². The van der Waals surface area contributed by atoms with E-state index in [4.69, 9.17) is 4.99 Å². The molecule has 2 aromatic carbocycles. The topological polar surface area (TPSA) is 75.2 Å². The van der Waals surface area contributed by atoms with Crippen molar-refractivity contribution < 1.29 is 8.42 Å². The fourth-order valence-electron chi connectivity index (χ4n) is 4.21. The molecule has 0 atom stereocenters. The summed E-state index contributed by atoms with van der Waals surface area (Å²) >= 11 is 0. The molecule has 0 spiro atoms. The average molecular weight is 442 g/mol. The number of hydrogen-bond donors (Lipinski definition) is 1. The van der Waals surface area contributed by atoms with E-state index in [0.29, 0.717) is 29.1 Å². The van der Waals surface area contributed by atoms with Crippen LogP contribution in [-0.4, -0.2) is 30.6 Å². The number of pyridine rings is 1. The second kappa shape index (κ2) is 8.20. The van der Waals surface area contributed by atoms with E-state index in [0.717, 1.165) is 34.0 Å². The standard InChI is InChI=1S/C26H23N3O2S/c1-18-10-12-20(13-11-18)32(30,31)26(23-17-29-24-9-3-2-7-21(23)24)22-8-5-15-28-25(22)19-6-4-14-27-16-19/h2-4,6-7,9-14,16-17,29H,5,8,15H2,1H3. The zero-order chi connectivity index (χ0) is 22.1. The summed E-state index contributed by atoms with van der Waals surface area (Å²) < 4.78 is 28.2. The number of fused-ring (bicyclic) bond motifs is 1. The quantitative estimate of drug-likeness (QED) is 0.464. The van der Waals surface area contributed by atoms with E-state index >= 15 is 0 Å². The Bertz CT molecular complexity index is 1450. The lowest BCUT2D eigenvalue weighted by Crippen LogP contribution is -2.17. The number of hydrogen-bond acceptors (Lipinski definition) is 4. The SMILES string of the molecule is Cc1ccc(S(=O)(=O)C(=C2CCCN=C2c2cccnc2)c2c[nH]c3ccccc23)cc1. The molecule has 5 nitrogen and oxygen atoms in total. The third-order valence-electron chi connectivity index (χ3n) is 5.78. The van der Waals surface area contributed by atoms with Gasteiger partial charge in [0.25, 0.3) is 0 Å². The Balaban J connectivity index is 1.83. The van der Waals surface area contributed by atoms with Gasteiger partial charge in [-0.25, -0.2) is 8.42 Å². The van der Waals surface area contributed by atoms with Gasteiger partial charge in [0.05, 0.1) is 15.5 Å². The first kappa shape index (κ1) is 20.4. The van der Waals surface area contributed by atoms with Crippen LogP contribution in [0.2, 0.25) is 0 Å². The first-order valence-electron chi connectivity index (χ1n) is 10.6. The van der Waals surface area contributed by atoms with Crippen molar-refractivity contribution in [1.29, 1.82) is 0 Å². The third kappa shape index (κ3) is 3.56. The van der Waals surface area contributed by atoms with Crippen molar-refractivity contribution >= 4 is 31.4 Å². The highest BCUT2D eigenvalue weighted by Crippen LogP contribution is 2.38. The van der Waals surface area contributed by atoms with Gasteiger partial charge in [0, 0.05) is 47.2 Å². The summed E-state index contributed by atoms with van der Waals surface area (Å²) in [5.41, 5.74) is 4.87. The first-order chi connectivity index (χ1) is 15.6. The molecule has 0 amide bonds. The summed E-state index contributed by atoms with van der Waals surface area (Å²) in [5, 5.41) is 0.877. The molecule has 0 aliphatic carbocycles. The van der Waals surface area contributed by atoms with Crippen LogP contribution in [-0.2, 0) is 9.84 Å². The van der Waals surface area contributed by atoms with Crippen molar-refractivity contribution in [3.8, 4) is 0 Å². The molecule has 6 heteroatoms. The second-order valence-corrected chi connectivity index (χ2v) is 9.83. The fourth-order valence-corrected chi connectivity index (χ4v) is 5.93. The summed E-state index contributed by atoms with van der Waals surface area (Å²) in [5.74, 6) is 0. The normalized spacial score (nSPS) is 16.1. The lowest BCUT2D eigenvalue weighted by molar-refractivity contribution is 0.605. The lowest BCUT2D eigenvalue weighted by atomic mass is 9.94. The molecule has 0 saturated heterocycles. The molecular weight excluding hydrogens is 418 g/mol. The third-order valence-corrected chi connectivity index (χ3v) is 7.68. The second-order valence-electron chi connectivity index (χ2n) is 7.95. The van der Waals surface area contributed by atoms with Gasteiger partial charge in [0.15, 0.2) is 0 Å². The Morgan fingerprint density at radius 2 is 1.81 bits per heavy atom. The average Bonchev–Trinajstić information content (AvgIpc) is 3.24. The fraction of sp³-hybridized carbons (Fsp3) is 0.154. The van der Waals surface area contributed by atoms with Crippen molar-refractivity contribution in [2.24, 2.45) is 4.99 Å². The van der Waals surface area contributed by atoms with Crippen LogP contribution in [0.3, 0.4) is 0 Å². The number of aromatic amines is 1. The van der Waals surface area contributed by atoms with Crippen molar-refractivity contribution in [3.05, 3.63) is 102 Å². The minimum absolute atomic E-state index is 0.284. The first-order valence-corrected chi connectivity index (χ1v) is 12.1. The molecule has 0 bridgehead atoms. The molecule has 1 aliphatic heterocycles. The molecular formula is C26H23N3O2S. The molecule has 160 valence electrons. The van der Waals surface area contributed by atoms with Gasteiger partial charge in [-0.2, -0.15) is 0 Å². The number of aryl methyl sites for hydroxylation is 1. The van der Waals surface area contributed by atoms with E-state index in [-0.39, 0.29) is 4.90 Å². The van der Waals surface area contributed by atoms with Crippen LogP contribution in [0.1, 0.15) is 29.5 Å². The van der Waals surface area contributed by atoms with Crippen molar-refractivity contribution in [2.45, 2.75) is 24.7 Å². The minimum atomic E-state index is -3.81. The van der Waals surface area contributed by atoms with Crippen LogP contribution in [0, 0.1) is 6.92 Å². The number of H-pyrrole nitrogens is 1. The summed E-state index contributed by atoms with van der Waals surface area (Å²) in [4.78, 5) is 12.8. The molecule has 0 unspecified atom stereocenters. The van der Waals surface area contributed by atoms with E-state index in [9.17, 15) is 8.42 Å². The lowest BCUT2D eigenvalue weighted by Gasteiger charge is -2.21. The molecule has 32 heavy (non-hydrogen) atoms. The van der Waals surface area contributed by atoms with Crippen LogP contribution in [0.5, 0.6) is 0 Å². The highest BCUT2D eigenvalue weighted by Gasteiger charge is 2.31.